The summed E-state index contributed by atoms with van der Waals surface area (Å²) < 4.78 is 7.12. The van der Waals surface area contributed by atoms with Gasteiger partial charge in [-0.3, -0.25) is 14.3 Å². The van der Waals surface area contributed by atoms with Gasteiger partial charge in [0.25, 0.3) is 5.91 Å². The fourth-order valence-corrected chi connectivity index (χ4v) is 3.36. The molecule has 0 saturated heterocycles. The number of hydrogen-bond acceptors (Lipinski definition) is 4. The Bertz CT molecular complexity index is 790. The van der Waals surface area contributed by atoms with Gasteiger partial charge in [0.2, 0.25) is 5.91 Å². The number of aromatic nitrogens is 2. The Morgan fingerprint density at radius 2 is 2.24 bits per heavy atom. The summed E-state index contributed by atoms with van der Waals surface area (Å²) in [6.07, 6.45) is 5.50. The summed E-state index contributed by atoms with van der Waals surface area (Å²) in [6, 6.07) is 3.78. The molecule has 0 spiro atoms. The van der Waals surface area contributed by atoms with E-state index in [9.17, 15) is 9.59 Å². The average molecular weight is 342 g/mol. The Morgan fingerprint density at radius 1 is 1.40 bits per heavy atom. The van der Waals surface area contributed by atoms with Crippen LogP contribution in [-0.2, 0) is 31.2 Å². The number of nitrogens with zero attached hydrogens (tertiary/aromatic N) is 3. The molecule has 1 aliphatic carbocycles. The first-order valence-electron chi connectivity index (χ1n) is 8.77. The van der Waals surface area contributed by atoms with Crippen LogP contribution < -0.4 is 5.32 Å². The minimum absolute atomic E-state index is 0.0845. The number of amides is 2. The first kappa shape index (κ1) is 15.9. The van der Waals surface area contributed by atoms with Crippen molar-refractivity contribution in [2.75, 3.05) is 6.54 Å². The Kier molecular flexibility index (Phi) is 4.07. The van der Waals surface area contributed by atoms with Crippen LogP contribution >= 0.6 is 0 Å². The third-order valence-electron chi connectivity index (χ3n) is 4.88. The van der Waals surface area contributed by atoms with Crippen LogP contribution in [0.5, 0.6) is 0 Å². The Labute approximate surface area is 146 Å². The van der Waals surface area contributed by atoms with Crippen molar-refractivity contribution in [2.45, 2.75) is 44.7 Å². The number of rotatable bonds is 5. The molecule has 0 atom stereocenters. The van der Waals surface area contributed by atoms with E-state index in [2.05, 4.69) is 10.4 Å². The van der Waals surface area contributed by atoms with Crippen LogP contribution in [0.15, 0.2) is 22.8 Å². The third-order valence-corrected chi connectivity index (χ3v) is 4.88. The van der Waals surface area contributed by atoms with E-state index in [1.54, 1.807) is 17.0 Å². The van der Waals surface area contributed by atoms with Crippen LogP contribution in [0, 0.1) is 0 Å². The number of hydrogen-bond donors (Lipinski definition) is 1. The van der Waals surface area contributed by atoms with Crippen molar-refractivity contribution in [1.29, 1.82) is 0 Å². The maximum atomic E-state index is 12.5. The molecule has 2 aromatic heterocycles. The normalized spacial score (nSPS) is 16.6. The van der Waals surface area contributed by atoms with Crippen LogP contribution in [0.3, 0.4) is 0 Å². The van der Waals surface area contributed by atoms with Gasteiger partial charge in [0.05, 0.1) is 12.0 Å². The van der Waals surface area contributed by atoms with Crippen molar-refractivity contribution in [3.63, 3.8) is 0 Å². The van der Waals surface area contributed by atoms with Gasteiger partial charge >= 0.3 is 0 Å². The molecule has 25 heavy (non-hydrogen) atoms. The van der Waals surface area contributed by atoms with E-state index in [1.165, 1.54) is 6.26 Å². The van der Waals surface area contributed by atoms with Gasteiger partial charge < -0.3 is 14.6 Å². The predicted octanol–water partition coefficient (Wildman–Crippen LogP) is 1.42. The van der Waals surface area contributed by atoms with Gasteiger partial charge in [-0.05, 0) is 25.0 Å². The number of nitrogens with one attached hydrogen (secondary N) is 1. The van der Waals surface area contributed by atoms with Gasteiger partial charge in [0, 0.05) is 56.7 Å². The first-order chi connectivity index (χ1) is 12.1. The molecule has 3 heterocycles. The fraction of sp³-hybridized carbons (Fsp3) is 0.500. The van der Waals surface area contributed by atoms with E-state index in [4.69, 9.17) is 4.42 Å². The molecule has 0 radical (unpaired) electrons. The van der Waals surface area contributed by atoms with Gasteiger partial charge in [0.1, 0.15) is 0 Å². The summed E-state index contributed by atoms with van der Waals surface area (Å²) in [7, 11) is 1.93. The Hall–Kier alpha value is -2.57. The highest BCUT2D eigenvalue weighted by Gasteiger charge is 2.29. The molecule has 7 heteroatoms. The summed E-state index contributed by atoms with van der Waals surface area (Å²) in [5, 5.41) is 7.60. The second-order valence-electron chi connectivity index (χ2n) is 6.79. The molecule has 132 valence electrons. The third kappa shape index (κ3) is 3.31. The van der Waals surface area contributed by atoms with Gasteiger partial charge in [-0.15, -0.1) is 0 Å². The van der Waals surface area contributed by atoms with Crippen molar-refractivity contribution < 1.29 is 14.0 Å². The lowest BCUT2D eigenvalue weighted by atomic mass is 10.0. The Morgan fingerprint density at radius 3 is 2.96 bits per heavy atom. The summed E-state index contributed by atoms with van der Waals surface area (Å²) in [6.45, 7) is 1.16. The predicted molar refractivity (Wildman–Crippen MR) is 89.8 cm³/mol. The lowest BCUT2D eigenvalue weighted by molar-refractivity contribution is -0.121. The second kappa shape index (κ2) is 6.38. The largest absolute Gasteiger partial charge is 0.459 e. The van der Waals surface area contributed by atoms with Crippen molar-refractivity contribution in [2.24, 2.45) is 7.05 Å². The minimum atomic E-state index is -0.100. The van der Waals surface area contributed by atoms with E-state index < -0.39 is 0 Å². The quantitative estimate of drug-likeness (QED) is 0.891. The molecule has 7 nitrogen and oxygen atoms in total. The van der Waals surface area contributed by atoms with Crippen molar-refractivity contribution in [3.05, 3.63) is 41.1 Å². The monoisotopic (exact) mass is 342 g/mol. The molecule has 1 fully saturated rings. The lowest BCUT2D eigenvalue weighted by Gasteiger charge is -2.27. The molecular weight excluding hydrogens is 320 g/mol. The SMILES string of the molecule is Cn1nc(CCC(=O)NC2CC2)c2c1CCN(C(=O)c1ccco1)C2. The smallest absolute Gasteiger partial charge is 0.289 e. The molecule has 1 saturated carbocycles. The maximum Gasteiger partial charge on any atom is 0.289 e. The van der Waals surface area contributed by atoms with Crippen LogP contribution in [0.2, 0.25) is 0 Å². The van der Waals surface area contributed by atoms with E-state index in [0.717, 1.165) is 36.2 Å². The molecule has 0 unspecified atom stereocenters. The zero-order valence-electron chi connectivity index (χ0n) is 14.3. The first-order valence-corrected chi connectivity index (χ1v) is 8.77. The van der Waals surface area contributed by atoms with E-state index in [1.807, 2.05) is 11.7 Å². The van der Waals surface area contributed by atoms with Crippen LogP contribution in [0.25, 0.3) is 0 Å². The summed E-state index contributed by atoms with van der Waals surface area (Å²) in [5.74, 6) is 0.343. The van der Waals surface area contributed by atoms with Crippen molar-refractivity contribution in [1.82, 2.24) is 20.0 Å². The van der Waals surface area contributed by atoms with E-state index >= 15 is 0 Å². The summed E-state index contributed by atoms with van der Waals surface area (Å²) >= 11 is 0. The number of carbonyl (C=O) groups excluding carboxylic acids is 2. The van der Waals surface area contributed by atoms with Gasteiger partial charge in [-0.2, -0.15) is 5.10 Å². The molecular formula is C18H22N4O3. The molecule has 0 bridgehead atoms. The minimum Gasteiger partial charge on any atom is -0.459 e. The zero-order chi connectivity index (χ0) is 17.4. The second-order valence-corrected chi connectivity index (χ2v) is 6.79. The molecule has 2 aliphatic rings. The van der Waals surface area contributed by atoms with Crippen LogP contribution in [0.4, 0.5) is 0 Å². The van der Waals surface area contributed by atoms with Gasteiger partial charge in [-0.25, -0.2) is 0 Å². The molecule has 0 aromatic carbocycles. The number of aryl methyl sites for hydroxylation is 2. The number of fused-ring (bicyclic) bond motifs is 1. The molecule has 2 amide bonds. The molecule has 2 aromatic rings. The summed E-state index contributed by atoms with van der Waals surface area (Å²) in [4.78, 5) is 26.3. The standard InChI is InChI=1S/C18H22N4O3/c1-21-15-8-9-22(18(24)16-3-2-10-25-16)11-13(15)14(20-21)6-7-17(23)19-12-4-5-12/h2-3,10,12H,4-9,11H2,1H3,(H,19,23). The molecule has 1 N–H and O–H groups in total. The number of furan rings is 1. The molecule has 4 rings (SSSR count). The fourth-order valence-electron chi connectivity index (χ4n) is 3.36. The Balaban J connectivity index is 1.46. The molecule has 1 aliphatic heterocycles. The zero-order valence-corrected chi connectivity index (χ0v) is 14.3. The van der Waals surface area contributed by atoms with Crippen molar-refractivity contribution >= 4 is 11.8 Å². The lowest BCUT2D eigenvalue weighted by Crippen LogP contribution is -2.36. The highest BCUT2D eigenvalue weighted by Crippen LogP contribution is 2.25. The average Bonchev–Trinajstić information content (AvgIpc) is 3.14. The van der Waals surface area contributed by atoms with Crippen LogP contribution in [-0.4, -0.2) is 39.1 Å². The topological polar surface area (TPSA) is 80.4 Å². The highest BCUT2D eigenvalue weighted by atomic mass is 16.3. The highest BCUT2D eigenvalue weighted by molar-refractivity contribution is 5.91. The van der Waals surface area contributed by atoms with Crippen molar-refractivity contribution in [3.8, 4) is 0 Å². The van der Waals surface area contributed by atoms with E-state index in [0.29, 0.717) is 37.7 Å². The number of carbonyl (C=O) groups is 2. The van der Waals surface area contributed by atoms with E-state index in [-0.39, 0.29) is 11.8 Å². The van der Waals surface area contributed by atoms with Crippen LogP contribution in [0.1, 0.15) is 46.8 Å². The van der Waals surface area contributed by atoms with Gasteiger partial charge in [-0.1, -0.05) is 0 Å². The summed E-state index contributed by atoms with van der Waals surface area (Å²) in [5.41, 5.74) is 3.15. The van der Waals surface area contributed by atoms with Gasteiger partial charge in [0.15, 0.2) is 5.76 Å². The maximum absolute atomic E-state index is 12.5.